The number of fused-ring (bicyclic) bond motifs is 2. The monoisotopic (exact) mass is 484 g/mol. The maximum absolute atomic E-state index is 9.51. The van der Waals surface area contributed by atoms with Crippen molar-refractivity contribution in [2.75, 3.05) is 37.0 Å². The van der Waals surface area contributed by atoms with E-state index in [0.717, 1.165) is 27.3 Å². The van der Waals surface area contributed by atoms with Crippen molar-refractivity contribution < 1.29 is 19.7 Å². The molecule has 1 aliphatic heterocycles. The van der Waals surface area contributed by atoms with Crippen molar-refractivity contribution >= 4 is 50.5 Å². The molecule has 2 aromatic carbocycles. The largest absolute Gasteiger partial charge is 0.486 e. The summed E-state index contributed by atoms with van der Waals surface area (Å²) in [4.78, 5) is 4.50. The average molecular weight is 485 g/mol. The third-order valence-corrected chi connectivity index (χ3v) is 6.36. The highest BCUT2D eigenvalue weighted by molar-refractivity contribution is 7.13. The van der Waals surface area contributed by atoms with E-state index in [1.165, 1.54) is 11.5 Å². The molecule has 0 saturated carbocycles. The minimum absolute atomic E-state index is 0.232. The van der Waals surface area contributed by atoms with E-state index in [4.69, 9.17) is 26.2 Å². The number of aliphatic hydroxyl groups excluding tert-OH is 2. The molecular weight excluding hydrogens is 464 g/mol. The van der Waals surface area contributed by atoms with Gasteiger partial charge in [-0.25, -0.2) is 4.98 Å². The van der Waals surface area contributed by atoms with Crippen LogP contribution in [0.3, 0.4) is 0 Å². The Morgan fingerprint density at radius 1 is 1.12 bits per heavy atom. The number of halogens is 1. The van der Waals surface area contributed by atoms with Crippen molar-refractivity contribution in [1.82, 2.24) is 9.36 Å². The van der Waals surface area contributed by atoms with Crippen LogP contribution < -0.4 is 20.1 Å². The molecule has 0 radical (unpaired) electrons. The van der Waals surface area contributed by atoms with Gasteiger partial charge in [0.25, 0.3) is 0 Å². The first kappa shape index (κ1) is 21.7. The summed E-state index contributed by atoms with van der Waals surface area (Å²) in [6.07, 6.45) is 0.835. The van der Waals surface area contributed by atoms with Gasteiger partial charge in [-0.15, -0.1) is 0 Å². The van der Waals surface area contributed by atoms with Gasteiger partial charge < -0.3 is 30.3 Å². The fourth-order valence-corrected chi connectivity index (χ4v) is 4.52. The normalized spacial score (nSPS) is 13.7. The molecule has 5 rings (SSSR count). The molecule has 170 valence electrons. The Morgan fingerprint density at radius 2 is 1.97 bits per heavy atom. The van der Waals surface area contributed by atoms with Gasteiger partial charge in [0.05, 0.1) is 40.0 Å². The zero-order valence-corrected chi connectivity index (χ0v) is 19.0. The van der Waals surface area contributed by atoms with E-state index >= 15 is 0 Å². The molecule has 1 unspecified atom stereocenters. The lowest BCUT2D eigenvalue weighted by Gasteiger charge is -2.19. The quantitative estimate of drug-likeness (QED) is 0.307. The van der Waals surface area contributed by atoms with Gasteiger partial charge in [0.2, 0.25) is 0 Å². The lowest BCUT2D eigenvalue weighted by molar-refractivity contribution is 0.105. The van der Waals surface area contributed by atoms with Crippen LogP contribution >= 0.6 is 23.1 Å². The van der Waals surface area contributed by atoms with Crippen LogP contribution in [0.5, 0.6) is 11.5 Å². The molecule has 2 aromatic heterocycles. The van der Waals surface area contributed by atoms with Crippen LogP contribution in [-0.4, -0.2) is 52.0 Å². The highest BCUT2D eigenvalue weighted by atomic mass is 35.5. The van der Waals surface area contributed by atoms with E-state index < -0.39 is 6.10 Å². The van der Waals surface area contributed by atoms with Crippen molar-refractivity contribution in [3.63, 3.8) is 0 Å². The number of hydrogen-bond donors (Lipinski definition) is 4. The predicted octanol–water partition coefficient (Wildman–Crippen LogP) is 4.29. The molecule has 0 amide bonds. The third-order valence-electron chi connectivity index (χ3n) is 5.17. The molecule has 3 heterocycles. The molecule has 0 spiro atoms. The van der Waals surface area contributed by atoms with Gasteiger partial charge in [-0.1, -0.05) is 29.8 Å². The summed E-state index contributed by atoms with van der Waals surface area (Å²) < 4.78 is 16.7. The number of aromatic nitrogens is 2. The van der Waals surface area contributed by atoms with E-state index in [-0.39, 0.29) is 13.2 Å². The first-order chi connectivity index (χ1) is 16.1. The molecule has 0 aliphatic carbocycles. The number of benzene rings is 2. The van der Waals surface area contributed by atoms with Gasteiger partial charge in [-0.3, -0.25) is 0 Å². The third kappa shape index (κ3) is 4.53. The summed E-state index contributed by atoms with van der Waals surface area (Å²) in [7, 11) is 0. The fraction of sp³-hybridized carbons (Fsp3) is 0.217. The second-order valence-corrected chi connectivity index (χ2v) is 8.65. The minimum Gasteiger partial charge on any atom is -0.486 e. The molecule has 4 aromatic rings. The Bertz CT molecular complexity index is 1300. The van der Waals surface area contributed by atoms with E-state index in [0.29, 0.717) is 41.0 Å². The lowest BCUT2D eigenvalue weighted by atomic mass is 10.0. The lowest BCUT2D eigenvalue weighted by Crippen LogP contribution is -2.22. The summed E-state index contributed by atoms with van der Waals surface area (Å²) in [5, 5.41) is 25.4. The van der Waals surface area contributed by atoms with Crippen molar-refractivity contribution in [1.29, 1.82) is 0 Å². The number of aliphatic hydroxyl groups is 2. The Labute approximate surface area is 198 Å². The maximum atomic E-state index is 9.51. The van der Waals surface area contributed by atoms with Crippen LogP contribution in [0.2, 0.25) is 5.02 Å². The minimum atomic E-state index is -0.831. The topological polar surface area (TPSA) is 109 Å². The summed E-state index contributed by atoms with van der Waals surface area (Å²) in [6, 6.07) is 13.5. The molecule has 4 N–H and O–H groups in total. The van der Waals surface area contributed by atoms with Gasteiger partial charge in [-0.2, -0.15) is 4.37 Å². The summed E-state index contributed by atoms with van der Waals surface area (Å²) in [5.74, 6) is 2.05. The van der Waals surface area contributed by atoms with Crippen LogP contribution in [0.25, 0.3) is 21.3 Å². The first-order valence-corrected chi connectivity index (χ1v) is 11.5. The van der Waals surface area contributed by atoms with Crippen molar-refractivity contribution in [2.45, 2.75) is 6.10 Å². The Kier molecular flexibility index (Phi) is 6.19. The number of pyridine rings is 1. The van der Waals surface area contributed by atoms with Crippen molar-refractivity contribution in [2.24, 2.45) is 0 Å². The predicted molar refractivity (Wildman–Crippen MR) is 130 cm³/mol. The van der Waals surface area contributed by atoms with Gasteiger partial charge >= 0.3 is 0 Å². The first-order valence-electron chi connectivity index (χ1n) is 10.4. The maximum Gasteiger partial charge on any atom is 0.170 e. The number of nitrogens with zero attached hydrogens (tertiary/aromatic N) is 2. The molecule has 0 fully saturated rings. The number of ether oxygens (including phenoxy) is 2. The van der Waals surface area contributed by atoms with E-state index in [2.05, 4.69) is 20.0 Å². The number of anilines is 3. The number of nitrogens with one attached hydrogen (secondary N) is 2. The second kappa shape index (κ2) is 9.40. The molecule has 1 atom stereocenters. The van der Waals surface area contributed by atoms with E-state index in [1.54, 1.807) is 6.20 Å². The molecule has 33 heavy (non-hydrogen) atoms. The zero-order valence-electron chi connectivity index (χ0n) is 17.4. The molecule has 1 aliphatic rings. The van der Waals surface area contributed by atoms with Crippen molar-refractivity contribution in [3.05, 3.63) is 53.7 Å². The van der Waals surface area contributed by atoms with Gasteiger partial charge in [0, 0.05) is 12.1 Å². The Hall–Kier alpha value is -3.11. The highest BCUT2D eigenvalue weighted by Gasteiger charge is 2.16. The fourth-order valence-electron chi connectivity index (χ4n) is 3.50. The second-order valence-electron chi connectivity index (χ2n) is 7.47. The SMILES string of the molecule is OCC(O)CNc1cnc2c(Nc3cccc(-c4ccc5c(c4)OCCO5)c3Cl)nsc2c1. The van der Waals surface area contributed by atoms with E-state index in [1.807, 2.05) is 42.5 Å². The summed E-state index contributed by atoms with van der Waals surface area (Å²) in [6.45, 7) is 0.998. The zero-order chi connectivity index (χ0) is 22.8. The van der Waals surface area contributed by atoms with E-state index in [9.17, 15) is 5.11 Å². The van der Waals surface area contributed by atoms with Crippen molar-refractivity contribution in [3.8, 4) is 22.6 Å². The van der Waals surface area contributed by atoms with Crippen LogP contribution in [-0.2, 0) is 0 Å². The molecule has 8 nitrogen and oxygen atoms in total. The van der Waals surface area contributed by atoms with Gasteiger partial charge in [0.1, 0.15) is 18.7 Å². The Balaban J connectivity index is 1.40. The standard InChI is InChI=1S/C23H21ClN4O4S/c24-21-16(13-4-5-18-19(8-13)32-7-6-31-18)2-1-3-17(21)27-23-22-20(33-28-23)9-14(10-26-22)25-11-15(30)12-29/h1-5,8-10,15,25,29-30H,6-7,11-12H2,(H,27,28). The summed E-state index contributed by atoms with van der Waals surface area (Å²) in [5.41, 5.74) is 3.96. The van der Waals surface area contributed by atoms with Crippen LogP contribution in [0.15, 0.2) is 48.7 Å². The van der Waals surface area contributed by atoms with Crippen LogP contribution in [0.4, 0.5) is 17.2 Å². The summed E-state index contributed by atoms with van der Waals surface area (Å²) >= 11 is 8.08. The molecule has 10 heteroatoms. The smallest absolute Gasteiger partial charge is 0.170 e. The molecule has 0 bridgehead atoms. The Morgan fingerprint density at radius 3 is 2.82 bits per heavy atom. The van der Waals surface area contributed by atoms with Gasteiger partial charge in [0.15, 0.2) is 17.3 Å². The highest BCUT2D eigenvalue weighted by Crippen LogP contribution is 2.40. The average Bonchev–Trinajstić information content (AvgIpc) is 3.25. The number of hydrogen-bond acceptors (Lipinski definition) is 9. The van der Waals surface area contributed by atoms with Gasteiger partial charge in [-0.05, 0) is 41.4 Å². The molecule has 0 saturated heterocycles. The number of rotatable bonds is 7. The van der Waals surface area contributed by atoms with Crippen LogP contribution in [0, 0.1) is 0 Å². The van der Waals surface area contributed by atoms with Crippen LogP contribution in [0.1, 0.15) is 0 Å². The molecular formula is C23H21ClN4O4S.